The van der Waals surface area contributed by atoms with Gasteiger partial charge < -0.3 is 0 Å². The lowest BCUT2D eigenvalue weighted by molar-refractivity contribution is 1.08. The molecule has 238 valence electrons. The van der Waals surface area contributed by atoms with Crippen molar-refractivity contribution >= 4 is 53.2 Å². The summed E-state index contributed by atoms with van der Waals surface area (Å²) in [6.45, 7) is 0. The number of hydrogen-bond acceptors (Lipinski definition) is 6. The second kappa shape index (κ2) is 12.1. The summed E-state index contributed by atoms with van der Waals surface area (Å²) in [5.74, 6) is 1.94. The van der Waals surface area contributed by atoms with Crippen LogP contribution in [0.5, 0.6) is 0 Å². The second-order valence-corrected chi connectivity index (χ2v) is 13.5. The highest BCUT2D eigenvalue weighted by Gasteiger charge is 2.18. The lowest BCUT2D eigenvalue weighted by Crippen LogP contribution is -2.00. The zero-order chi connectivity index (χ0) is 33.7. The molecule has 0 aliphatic carbocycles. The normalized spacial score (nSPS) is 11.5. The SMILES string of the molecule is c1ccc(-c2nc(-c3ccccc3)nc(-c3ccc(-c4ccc5c(c4)sc4c(-c6cccc7cccnc67)nccc45)c4ccccc34)n2)cc1. The predicted molar refractivity (Wildman–Crippen MR) is 210 cm³/mol. The van der Waals surface area contributed by atoms with Crippen molar-refractivity contribution < 1.29 is 0 Å². The molecule has 0 aliphatic heterocycles. The highest BCUT2D eigenvalue weighted by atomic mass is 32.1. The molecule has 0 N–H and O–H groups in total. The number of aromatic nitrogens is 5. The van der Waals surface area contributed by atoms with Crippen LogP contribution in [0.4, 0.5) is 0 Å². The summed E-state index contributed by atoms with van der Waals surface area (Å²) in [4.78, 5) is 24.6. The van der Waals surface area contributed by atoms with Gasteiger partial charge in [0, 0.05) is 55.5 Å². The molecule has 10 aromatic rings. The van der Waals surface area contributed by atoms with Gasteiger partial charge in [-0.25, -0.2) is 15.0 Å². The first-order valence-electron chi connectivity index (χ1n) is 16.8. The first-order chi connectivity index (χ1) is 25.3. The Morgan fingerprint density at radius 1 is 0.392 bits per heavy atom. The molecule has 0 saturated heterocycles. The molecule has 0 fully saturated rings. The van der Waals surface area contributed by atoms with E-state index in [1.807, 2.05) is 79.1 Å². The van der Waals surface area contributed by atoms with E-state index >= 15 is 0 Å². The van der Waals surface area contributed by atoms with Crippen molar-refractivity contribution in [2.24, 2.45) is 0 Å². The van der Waals surface area contributed by atoms with Crippen molar-refractivity contribution in [2.45, 2.75) is 0 Å². The van der Waals surface area contributed by atoms with Gasteiger partial charge in [0.15, 0.2) is 17.5 Å². The lowest BCUT2D eigenvalue weighted by Gasteiger charge is -2.13. The van der Waals surface area contributed by atoms with Crippen molar-refractivity contribution in [1.82, 2.24) is 24.9 Å². The van der Waals surface area contributed by atoms with Gasteiger partial charge in [0.25, 0.3) is 0 Å². The fourth-order valence-electron chi connectivity index (χ4n) is 7.03. The van der Waals surface area contributed by atoms with Crippen LogP contribution in [0.3, 0.4) is 0 Å². The first-order valence-corrected chi connectivity index (χ1v) is 17.6. The van der Waals surface area contributed by atoms with Gasteiger partial charge in [0.1, 0.15) is 0 Å². The highest BCUT2D eigenvalue weighted by Crippen LogP contribution is 2.43. The molecule has 0 atom stereocenters. The number of nitrogens with zero attached hydrogens (tertiary/aromatic N) is 5. The van der Waals surface area contributed by atoms with Crippen LogP contribution in [0.2, 0.25) is 0 Å². The highest BCUT2D eigenvalue weighted by molar-refractivity contribution is 7.26. The smallest absolute Gasteiger partial charge is 0.164 e. The van der Waals surface area contributed by atoms with Crippen LogP contribution in [0.25, 0.3) is 98.4 Å². The van der Waals surface area contributed by atoms with Gasteiger partial charge >= 0.3 is 0 Å². The summed E-state index contributed by atoms with van der Waals surface area (Å²) in [6, 6.07) is 52.4. The molecular formula is C45H27N5S. The van der Waals surface area contributed by atoms with E-state index in [1.165, 1.54) is 20.2 Å². The summed E-state index contributed by atoms with van der Waals surface area (Å²) >= 11 is 1.79. The standard InChI is InChI=1S/C45H27N5S/c1-3-11-29(12-4-1)43-48-44(30-13-5-2-6-14-30)50-45(49-43)37-23-22-32(33-17-7-8-18-34(33)37)31-20-21-35-36-24-26-47-41(42(36)51-39(35)27-31)38-19-9-15-28-16-10-25-46-40(28)38/h1-27H. The van der Waals surface area contributed by atoms with E-state index in [1.54, 1.807) is 11.3 Å². The minimum atomic E-state index is 0.647. The third-order valence-electron chi connectivity index (χ3n) is 9.45. The molecular weight excluding hydrogens is 643 g/mol. The average molecular weight is 670 g/mol. The van der Waals surface area contributed by atoms with Gasteiger partial charge in [-0.15, -0.1) is 11.3 Å². The van der Waals surface area contributed by atoms with Gasteiger partial charge in [-0.3, -0.25) is 9.97 Å². The van der Waals surface area contributed by atoms with Crippen molar-refractivity contribution in [2.75, 3.05) is 0 Å². The number of pyridine rings is 2. The molecule has 5 nitrogen and oxygen atoms in total. The second-order valence-electron chi connectivity index (χ2n) is 12.5. The Labute approximate surface area is 297 Å². The molecule has 10 rings (SSSR count). The number of benzene rings is 6. The van der Waals surface area contributed by atoms with Crippen molar-refractivity contribution in [3.05, 3.63) is 164 Å². The Kier molecular flexibility index (Phi) is 6.93. The van der Waals surface area contributed by atoms with Gasteiger partial charge in [-0.05, 0) is 46.2 Å². The Balaban J connectivity index is 1.12. The van der Waals surface area contributed by atoms with Gasteiger partial charge in [0.05, 0.1) is 15.9 Å². The minimum absolute atomic E-state index is 0.647. The molecule has 0 spiro atoms. The maximum Gasteiger partial charge on any atom is 0.164 e. The summed E-state index contributed by atoms with van der Waals surface area (Å²) in [5, 5.41) is 5.77. The zero-order valence-electron chi connectivity index (χ0n) is 27.2. The number of fused-ring (bicyclic) bond motifs is 5. The molecule has 0 radical (unpaired) electrons. The van der Waals surface area contributed by atoms with Crippen LogP contribution >= 0.6 is 11.3 Å². The Morgan fingerprint density at radius 3 is 1.82 bits per heavy atom. The Morgan fingerprint density at radius 2 is 1.06 bits per heavy atom. The van der Waals surface area contributed by atoms with Crippen LogP contribution in [0, 0.1) is 0 Å². The van der Waals surface area contributed by atoms with Gasteiger partial charge in [-0.2, -0.15) is 0 Å². The van der Waals surface area contributed by atoms with E-state index in [2.05, 4.69) is 84.9 Å². The van der Waals surface area contributed by atoms with Crippen molar-refractivity contribution in [1.29, 1.82) is 0 Å². The fourth-order valence-corrected chi connectivity index (χ4v) is 8.27. The molecule has 0 bridgehead atoms. The molecule has 51 heavy (non-hydrogen) atoms. The van der Waals surface area contributed by atoms with E-state index in [4.69, 9.17) is 24.9 Å². The number of hydrogen-bond donors (Lipinski definition) is 0. The van der Waals surface area contributed by atoms with E-state index in [-0.39, 0.29) is 0 Å². The van der Waals surface area contributed by atoms with Gasteiger partial charge in [0.2, 0.25) is 0 Å². The predicted octanol–water partition coefficient (Wildman–Crippen LogP) is 11.7. The fraction of sp³-hybridized carbons (Fsp3) is 0. The summed E-state index contributed by atoms with van der Waals surface area (Å²) in [7, 11) is 0. The first kappa shape index (κ1) is 29.3. The van der Waals surface area contributed by atoms with Crippen molar-refractivity contribution in [3.63, 3.8) is 0 Å². The molecule has 6 aromatic carbocycles. The summed E-state index contributed by atoms with van der Waals surface area (Å²) in [6.07, 6.45) is 3.77. The third-order valence-corrected chi connectivity index (χ3v) is 10.6. The van der Waals surface area contributed by atoms with E-state index in [9.17, 15) is 0 Å². The molecule has 4 heterocycles. The minimum Gasteiger partial charge on any atom is -0.256 e. The molecule has 6 heteroatoms. The molecule has 0 amide bonds. The maximum atomic E-state index is 5.04. The molecule has 0 unspecified atom stereocenters. The van der Waals surface area contributed by atoms with E-state index < -0.39 is 0 Å². The number of para-hydroxylation sites is 1. The van der Waals surface area contributed by atoms with E-state index in [0.29, 0.717) is 17.5 Å². The maximum absolute atomic E-state index is 5.04. The molecule has 4 aromatic heterocycles. The quantitative estimate of drug-likeness (QED) is 0.182. The monoisotopic (exact) mass is 669 g/mol. The Hall–Kier alpha value is -6.63. The zero-order valence-corrected chi connectivity index (χ0v) is 28.0. The molecule has 0 aliphatic rings. The third kappa shape index (κ3) is 5.04. The van der Waals surface area contributed by atoms with Crippen molar-refractivity contribution in [3.8, 4) is 56.5 Å². The van der Waals surface area contributed by atoms with Crippen LogP contribution in [-0.2, 0) is 0 Å². The Bertz CT molecular complexity index is 2860. The number of thiophene rings is 1. The average Bonchev–Trinajstić information content (AvgIpc) is 3.59. The summed E-state index contributed by atoms with van der Waals surface area (Å²) < 4.78 is 2.39. The molecule has 0 saturated carbocycles. The lowest BCUT2D eigenvalue weighted by atomic mass is 9.94. The van der Waals surface area contributed by atoms with Crippen LogP contribution in [0.15, 0.2) is 164 Å². The van der Waals surface area contributed by atoms with E-state index in [0.717, 1.165) is 60.8 Å². The topological polar surface area (TPSA) is 64.5 Å². The number of rotatable bonds is 5. The van der Waals surface area contributed by atoms with Crippen LogP contribution in [0.1, 0.15) is 0 Å². The van der Waals surface area contributed by atoms with Gasteiger partial charge in [-0.1, -0.05) is 127 Å². The van der Waals surface area contributed by atoms with Crippen LogP contribution in [-0.4, -0.2) is 24.9 Å². The summed E-state index contributed by atoms with van der Waals surface area (Å²) in [5.41, 5.74) is 8.17. The van der Waals surface area contributed by atoms with Crippen LogP contribution < -0.4 is 0 Å². The largest absolute Gasteiger partial charge is 0.256 e.